The molecule has 11 nitrogen and oxygen atoms in total. The van der Waals surface area contributed by atoms with Gasteiger partial charge in [-0.3, -0.25) is 0 Å². The van der Waals surface area contributed by atoms with Crippen LogP contribution in [0.1, 0.15) is 59.9 Å². The van der Waals surface area contributed by atoms with Crippen molar-refractivity contribution in [2.24, 2.45) is 7.05 Å². The third-order valence-corrected chi connectivity index (χ3v) is 6.21. The van der Waals surface area contributed by atoms with Gasteiger partial charge in [0.25, 0.3) is 0 Å². The molecule has 0 bridgehead atoms. The van der Waals surface area contributed by atoms with Gasteiger partial charge in [-0.05, 0) is 76.9 Å². The molecule has 0 spiro atoms. The number of aromatic nitrogens is 6. The lowest BCUT2D eigenvalue weighted by molar-refractivity contribution is -0.139. The second-order valence-electron chi connectivity index (χ2n) is 11.5. The van der Waals surface area contributed by atoms with E-state index in [0.29, 0.717) is 17.5 Å². The summed E-state index contributed by atoms with van der Waals surface area (Å²) >= 11 is 0. The number of rotatable bonds is 7. The predicted molar refractivity (Wildman–Crippen MR) is 141 cm³/mol. The smallest absolute Gasteiger partial charge is 0.420 e. The van der Waals surface area contributed by atoms with Crippen LogP contribution in [0.3, 0.4) is 0 Å². The number of anilines is 3. The Morgan fingerprint density at radius 3 is 2.33 bits per heavy atom. The van der Waals surface area contributed by atoms with Crippen molar-refractivity contribution in [3.05, 3.63) is 40.2 Å². The summed E-state index contributed by atoms with van der Waals surface area (Å²) < 4.78 is 64.4. The van der Waals surface area contributed by atoms with E-state index in [1.165, 1.54) is 13.1 Å². The lowest BCUT2D eigenvalue weighted by Gasteiger charge is -2.46. The van der Waals surface area contributed by atoms with Crippen molar-refractivity contribution in [3.63, 3.8) is 0 Å². The van der Waals surface area contributed by atoms with E-state index in [9.17, 15) is 22.4 Å². The minimum absolute atomic E-state index is 0.0859. The molecule has 1 aliphatic heterocycles. The molecular formula is C25H33F4N9O2. The predicted octanol–water partition coefficient (Wildman–Crippen LogP) is 4.17. The van der Waals surface area contributed by atoms with Crippen LogP contribution < -0.4 is 26.4 Å². The van der Waals surface area contributed by atoms with E-state index in [1.807, 2.05) is 0 Å². The van der Waals surface area contributed by atoms with Crippen molar-refractivity contribution in [2.45, 2.75) is 83.8 Å². The zero-order valence-corrected chi connectivity index (χ0v) is 23.3. The van der Waals surface area contributed by atoms with E-state index in [0.717, 1.165) is 16.9 Å². The van der Waals surface area contributed by atoms with E-state index in [1.54, 1.807) is 13.8 Å². The molecule has 2 aromatic heterocycles. The molecule has 1 saturated heterocycles. The minimum Gasteiger partial charge on any atom is -0.488 e. The van der Waals surface area contributed by atoms with Crippen LogP contribution in [0, 0.1) is 5.82 Å². The largest absolute Gasteiger partial charge is 0.488 e. The molecule has 15 heteroatoms. The lowest BCUT2D eigenvalue weighted by atomic mass is 9.79. The molecule has 3 N–H and O–H groups in total. The highest BCUT2D eigenvalue weighted by Gasteiger charge is 2.39. The average Bonchev–Trinajstić information content (AvgIpc) is 3.11. The van der Waals surface area contributed by atoms with Crippen LogP contribution >= 0.6 is 0 Å². The highest BCUT2D eigenvalue weighted by atomic mass is 19.4. The van der Waals surface area contributed by atoms with Crippen molar-refractivity contribution in [1.29, 1.82) is 0 Å². The Labute approximate surface area is 228 Å². The number of alkyl halides is 3. The summed E-state index contributed by atoms with van der Waals surface area (Å²) in [5.41, 5.74) is -2.78. The molecule has 3 heterocycles. The van der Waals surface area contributed by atoms with Gasteiger partial charge in [0.2, 0.25) is 5.95 Å². The van der Waals surface area contributed by atoms with Gasteiger partial charge in [0.05, 0.1) is 12.3 Å². The minimum atomic E-state index is -4.85. The molecule has 0 unspecified atom stereocenters. The normalized spacial score (nSPS) is 17.2. The van der Waals surface area contributed by atoms with Crippen molar-refractivity contribution in [2.75, 3.05) is 10.6 Å². The van der Waals surface area contributed by atoms with Gasteiger partial charge in [0, 0.05) is 29.9 Å². The fourth-order valence-electron chi connectivity index (χ4n) is 5.15. The van der Waals surface area contributed by atoms with Crippen LogP contribution in [0.5, 0.6) is 5.75 Å². The average molecular weight is 568 g/mol. The highest BCUT2D eigenvalue weighted by Crippen LogP contribution is 2.42. The maximum absolute atomic E-state index is 14.7. The van der Waals surface area contributed by atoms with Gasteiger partial charge in [0.15, 0.2) is 17.4 Å². The van der Waals surface area contributed by atoms with Gasteiger partial charge in [-0.2, -0.15) is 27.5 Å². The number of ether oxygens (including phenoxy) is 1. The molecule has 1 aromatic carbocycles. The molecule has 3 aromatic rings. The zero-order valence-electron chi connectivity index (χ0n) is 23.3. The maximum atomic E-state index is 14.7. The second-order valence-corrected chi connectivity index (χ2v) is 11.5. The van der Waals surface area contributed by atoms with Crippen LogP contribution in [0.25, 0.3) is 5.69 Å². The Bertz CT molecular complexity index is 1430. The van der Waals surface area contributed by atoms with E-state index in [2.05, 4.69) is 64.0 Å². The summed E-state index contributed by atoms with van der Waals surface area (Å²) in [6.07, 6.45) is -3.20. The third kappa shape index (κ3) is 6.51. The standard InChI is InChI=1S/C25H33F4N9O2/c1-13(2)40-19-16(25(27,28)29)8-14(9-18(19)38-22(39)37(7)35-36-38)32-21-30-12-17(26)20(33-21)31-15-10-23(3,4)34-24(5,6)11-15/h8-9,12-13,15,34H,10-11H2,1-7H3,(H2,30,31,32,33). The van der Waals surface area contributed by atoms with Crippen LogP contribution in [-0.4, -0.2) is 53.0 Å². The fourth-order valence-corrected chi connectivity index (χ4v) is 5.15. The number of hydrogen-bond donors (Lipinski definition) is 3. The Morgan fingerprint density at radius 2 is 1.77 bits per heavy atom. The van der Waals surface area contributed by atoms with Crippen LogP contribution in [-0.2, 0) is 13.2 Å². The quantitative estimate of drug-likeness (QED) is 0.361. The molecule has 4 rings (SSSR count). The Morgan fingerprint density at radius 1 is 1.12 bits per heavy atom. The number of hydrogen-bond acceptors (Lipinski definition) is 9. The first kappa shape index (κ1) is 29.2. The molecule has 0 amide bonds. The number of halogens is 4. The molecule has 0 aliphatic carbocycles. The van der Waals surface area contributed by atoms with Gasteiger partial charge in [-0.25, -0.2) is 14.2 Å². The zero-order chi connectivity index (χ0) is 29.6. The van der Waals surface area contributed by atoms with Crippen molar-refractivity contribution in [3.8, 4) is 11.4 Å². The molecule has 0 atom stereocenters. The summed E-state index contributed by atoms with van der Waals surface area (Å²) in [6, 6.07) is 1.92. The van der Waals surface area contributed by atoms with Crippen LogP contribution in [0.2, 0.25) is 0 Å². The van der Waals surface area contributed by atoms with Crippen molar-refractivity contribution in [1.82, 2.24) is 35.1 Å². The van der Waals surface area contributed by atoms with E-state index in [-0.39, 0.29) is 40.3 Å². The number of nitrogens with one attached hydrogen (secondary N) is 3. The first-order chi connectivity index (χ1) is 18.4. The van der Waals surface area contributed by atoms with Crippen molar-refractivity contribution >= 4 is 17.5 Å². The fraction of sp³-hybridized carbons (Fsp3) is 0.560. The maximum Gasteiger partial charge on any atom is 0.420 e. The van der Waals surface area contributed by atoms with Gasteiger partial charge in [-0.15, -0.1) is 0 Å². The van der Waals surface area contributed by atoms with E-state index in [4.69, 9.17) is 4.74 Å². The number of benzene rings is 1. The van der Waals surface area contributed by atoms with Crippen molar-refractivity contribution < 1.29 is 22.3 Å². The number of aryl methyl sites for hydroxylation is 1. The van der Waals surface area contributed by atoms with Gasteiger partial charge >= 0.3 is 11.9 Å². The second kappa shape index (κ2) is 10.3. The van der Waals surface area contributed by atoms with E-state index >= 15 is 0 Å². The highest BCUT2D eigenvalue weighted by molar-refractivity contribution is 5.66. The SMILES string of the molecule is CC(C)Oc1c(-n2nnn(C)c2=O)cc(Nc2ncc(F)c(NC3CC(C)(C)NC(C)(C)C3)n2)cc1C(F)(F)F. The summed E-state index contributed by atoms with van der Waals surface area (Å²) in [4.78, 5) is 20.7. The summed E-state index contributed by atoms with van der Waals surface area (Å²) in [5, 5.41) is 16.7. The van der Waals surface area contributed by atoms with Gasteiger partial charge < -0.3 is 20.7 Å². The Balaban J connectivity index is 1.74. The molecule has 1 fully saturated rings. The Kier molecular flexibility index (Phi) is 7.56. The third-order valence-electron chi connectivity index (χ3n) is 6.21. The van der Waals surface area contributed by atoms with E-state index < -0.39 is 35.1 Å². The summed E-state index contributed by atoms with van der Waals surface area (Å²) in [5.74, 6) is -1.53. The number of tetrazole rings is 1. The molecule has 218 valence electrons. The van der Waals surface area contributed by atoms with Crippen LogP contribution in [0.4, 0.5) is 35.0 Å². The topological polar surface area (TPSA) is 124 Å². The molecule has 0 radical (unpaired) electrons. The monoisotopic (exact) mass is 567 g/mol. The van der Waals surface area contributed by atoms with Gasteiger partial charge in [0.1, 0.15) is 11.3 Å². The molecular weight excluding hydrogens is 534 g/mol. The first-order valence-electron chi connectivity index (χ1n) is 12.7. The number of nitrogens with zero attached hydrogens (tertiary/aromatic N) is 6. The Hall–Kier alpha value is -3.75. The molecule has 40 heavy (non-hydrogen) atoms. The molecule has 0 saturated carbocycles. The first-order valence-corrected chi connectivity index (χ1v) is 12.7. The molecule has 1 aliphatic rings. The van der Waals surface area contributed by atoms with Gasteiger partial charge in [-0.1, -0.05) is 0 Å². The van der Waals surface area contributed by atoms with Crippen LogP contribution in [0.15, 0.2) is 23.1 Å². The summed E-state index contributed by atoms with van der Waals surface area (Å²) in [6.45, 7) is 11.3. The number of piperidine rings is 1. The summed E-state index contributed by atoms with van der Waals surface area (Å²) in [7, 11) is 1.31. The lowest BCUT2D eigenvalue weighted by Crippen LogP contribution is -2.60.